The summed E-state index contributed by atoms with van der Waals surface area (Å²) in [5, 5.41) is 2.62. The Morgan fingerprint density at radius 3 is 2.38 bits per heavy atom. The molecule has 0 aliphatic heterocycles. The number of sulfone groups is 1. The van der Waals surface area contributed by atoms with Gasteiger partial charge in [-0.05, 0) is 24.6 Å². The Kier molecular flexibility index (Phi) is 4.95. The number of rotatable bonds is 5. The molecule has 2 rings (SSSR count). The minimum atomic E-state index is -3.60. The average Bonchev–Trinajstić information content (AvgIpc) is 2.84. The van der Waals surface area contributed by atoms with Gasteiger partial charge >= 0.3 is 0 Å². The van der Waals surface area contributed by atoms with Gasteiger partial charge in [-0.2, -0.15) is 0 Å². The maximum absolute atomic E-state index is 12.6. The number of hydrogen-bond acceptors (Lipinski definition) is 5. The summed E-state index contributed by atoms with van der Waals surface area (Å²) in [5.74, 6) is -0.323. The number of aryl methyl sites for hydroxylation is 1. The van der Waals surface area contributed by atoms with Gasteiger partial charge in [0.1, 0.15) is 5.56 Å². The minimum absolute atomic E-state index is 0.0547. The Bertz CT molecular complexity index is 999. The number of ketones is 1. The second-order valence-electron chi connectivity index (χ2n) is 5.35. The van der Waals surface area contributed by atoms with Gasteiger partial charge in [0, 0.05) is 30.8 Å². The van der Waals surface area contributed by atoms with Gasteiger partial charge in [0.2, 0.25) is 0 Å². The number of carbonyl (C=O) groups is 1. The number of carbonyl (C=O) groups excluding carboxylic acids is 1. The van der Waals surface area contributed by atoms with Gasteiger partial charge in [0.05, 0.1) is 20.6 Å². The molecule has 1 aromatic heterocycles. The van der Waals surface area contributed by atoms with Crippen LogP contribution in [0, 0.1) is 6.92 Å². The third kappa shape index (κ3) is 3.13. The molecule has 7 nitrogen and oxygen atoms in total. The monoisotopic (exact) mass is 370 g/mol. The lowest BCUT2D eigenvalue weighted by Gasteiger charge is -2.13. The number of H-pyrrole nitrogens is 1. The number of nitrogens with one attached hydrogen (secondary N) is 1. The summed E-state index contributed by atoms with van der Waals surface area (Å²) >= 11 is 0. The third-order valence-electron chi connectivity index (χ3n) is 3.69. The van der Waals surface area contributed by atoms with Crippen molar-refractivity contribution >= 4 is 26.4 Å². The van der Waals surface area contributed by atoms with Crippen molar-refractivity contribution in [3.63, 3.8) is 0 Å². The van der Waals surface area contributed by atoms with E-state index in [0.717, 1.165) is 6.26 Å². The maximum Gasteiger partial charge on any atom is 0.277 e. The largest absolute Gasteiger partial charge is 0.302 e. The van der Waals surface area contributed by atoms with E-state index >= 15 is 0 Å². The van der Waals surface area contributed by atoms with Gasteiger partial charge in [0.25, 0.3) is 5.56 Å². The van der Waals surface area contributed by atoms with Crippen molar-refractivity contribution in [3.8, 4) is 0 Å². The Morgan fingerprint density at radius 1 is 1.29 bits per heavy atom. The topological polar surface area (TPSA) is 106 Å². The van der Waals surface area contributed by atoms with Crippen molar-refractivity contribution in [2.45, 2.75) is 23.6 Å². The number of aromatic nitrogens is 2. The minimum Gasteiger partial charge on any atom is -0.302 e. The fraction of sp³-hybridized carbons (Fsp3) is 0.333. The van der Waals surface area contributed by atoms with Gasteiger partial charge in [0.15, 0.2) is 15.6 Å². The molecule has 24 heavy (non-hydrogen) atoms. The fourth-order valence-corrected chi connectivity index (χ4v) is 4.97. The Hall–Kier alpha value is -2.00. The highest BCUT2D eigenvalue weighted by Crippen LogP contribution is 2.27. The molecule has 1 aromatic carbocycles. The molecule has 0 spiro atoms. The molecular weight excluding hydrogens is 352 g/mol. The summed E-state index contributed by atoms with van der Waals surface area (Å²) in [6, 6.07) is 2.63. The Labute approximate surface area is 142 Å². The number of aromatic amines is 1. The van der Waals surface area contributed by atoms with Crippen LogP contribution in [-0.2, 0) is 27.7 Å². The molecular formula is C15H18N2O5S2. The van der Waals surface area contributed by atoms with Crippen LogP contribution in [0.25, 0.3) is 0 Å². The first-order chi connectivity index (χ1) is 11.1. The van der Waals surface area contributed by atoms with Crippen LogP contribution in [0.3, 0.4) is 0 Å². The zero-order valence-corrected chi connectivity index (χ0v) is 15.4. The Balaban J connectivity index is 2.74. The summed E-state index contributed by atoms with van der Waals surface area (Å²) in [5.41, 5.74) is -0.0621. The number of nitrogens with zero attached hydrogens (tertiary/aromatic N) is 1. The van der Waals surface area contributed by atoms with Gasteiger partial charge in [-0.25, -0.2) is 8.42 Å². The third-order valence-corrected chi connectivity index (χ3v) is 6.46. The lowest BCUT2D eigenvalue weighted by atomic mass is 10.0. The van der Waals surface area contributed by atoms with Crippen LogP contribution in [0.5, 0.6) is 0 Å². The summed E-state index contributed by atoms with van der Waals surface area (Å²) in [4.78, 5) is 24.7. The van der Waals surface area contributed by atoms with E-state index in [4.69, 9.17) is 0 Å². The standard InChI is InChI=1S/C15H18N2O5S2/c1-5-23(20)14-9(2)10(6-7-12(14)24(4,21)22)13(18)11-8-16-17(3)15(11)19/h6-8,16H,5H2,1-4H3. The van der Waals surface area contributed by atoms with Gasteiger partial charge in [-0.1, -0.05) is 6.92 Å². The molecule has 0 amide bonds. The highest BCUT2D eigenvalue weighted by molar-refractivity contribution is 7.92. The molecule has 130 valence electrons. The smallest absolute Gasteiger partial charge is 0.277 e. The second kappa shape index (κ2) is 6.48. The van der Waals surface area contributed by atoms with Crippen molar-refractivity contribution in [2.24, 2.45) is 7.05 Å². The number of hydrogen-bond donors (Lipinski definition) is 1. The zero-order chi connectivity index (χ0) is 18.2. The van der Waals surface area contributed by atoms with Crippen LogP contribution in [0.1, 0.15) is 28.4 Å². The first-order valence-corrected chi connectivity index (χ1v) is 10.3. The van der Waals surface area contributed by atoms with Crippen LogP contribution >= 0.6 is 0 Å². The molecule has 0 saturated carbocycles. The van der Waals surface area contributed by atoms with Gasteiger partial charge in [-0.3, -0.25) is 18.5 Å². The van der Waals surface area contributed by atoms with E-state index in [1.807, 2.05) is 0 Å². The van der Waals surface area contributed by atoms with Crippen LogP contribution < -0.4 is 5.56 Å². The molecule has 0 fully saturated rings. The van der Waals surface area contributed by atoms with E-state index in [1.54, 1.807) is 13.8 Å². The van der Waals surface area contributed by atoms with Gasteiger partial charge < -0.3 is 5.10 Å². The maximum atomic E-state index is 12.6. The van der Waals surface area contributed by atoms with Crippen molar-refractivity contribution in [1.82, 2.24) is 9.78 Å². The van der Waals surface area contributed by atoms with Crippen LogP contribution in [0.2, 0.25) is 0 Å². The fourth-order valence-electron chi connectivity index (χ4n) is 2.40. The van der Waals surface area contributed by atoms with E-state index in [-0.39, 0.29) is 26.7 Å². The summed E-state index contributed by atoms with van der Waals surface area (Å²) in [6.45, 7) is 3.21. The zero-order valence-electron chi connectivity index (χ0n) is 13.7. The molecule has 2 aromatic rings. The first-order valence-electron chi connectivity index (χ1n) is 7.10. The molecule has 0 radical (unpaired) electrons. The highest BCUT2D eigenvalue weighted by atomic mass is 32.2. The van der Waals surface area contributed by atoms with E-state index in [1.165, 1.54) is 30.1 Å². The van der Waals surface area contributed by atoms with Crippen LogP contribution in [-0.4, -0.2) is 40.2 Å². The average molecular weight is 370 g/mol. The summed E-state index contributed by atoms with van der Waals surface area (Å²) in [6.07, 6.45) is 2.33. The van der Waals surface area contributed by atoms with E-state index in [2.05, 4.69) is 5.10 Å². The highest BCUT2D eigenvalue weighted by Gasteiger charge is 2.25. The predicted molar refractivity (Wildman–Crippen MR) is 90.7 cm³/mol. The summed E-state index contributed by atoms with van der Waals surface area (Å²) in [7, 11) is -3.68. The lowest BCUT2D eigenvalue weighted by molar-refractivity contribution is 0.103. The molecule has 1 unspecified atom stereocenters. The molecule has 1 atom stereocenters. The quantitative estimate of drug-likeness (QED) is 0.783. The molecule has 0 aliphatic carbocycles. The Morgan fingerprint density at radius 2 is 1.92 bits per heavy atom. The lowest BCUT2D eigenvalue weighted by Crippen LogP contribution is -2.20. The van der Waals surface area contributed by atoms with Crippen LogP contribution in [0.15, 0.2) is 32.9 Å². The van der Waals surface area contributed by atoms with Crippen LogP contribution in [0.4, 0.5) is 0 Å². The van der Waals surface area contributed by atoms with E-state index in [9.17, 15) is 22.2 Å². The molecule has 9 heteroatoms. The summed E-state index contributed by atoms with van der Waals surface area (Å²) < 4.78 is 37.4. The van der Waals surface area contributed by atoms with Gasteiger partial charge in [-0.15, -0.1) is 0 Å². The molecule has 1 heterocycles. The number of benzene rings is 1. The SMILES string of the molecule is CCS(=O)c1c(S(C)(=O)=O)ccc(C(=O)c2c[nH]n(C)c2=O)c1C. The molecule has 0 aliphatic rings. The molecule has 0 bridgehead atoms. The van der Waals surface area contributed by atoms with Crippen molar-refractivity contribution < 1.29 is 17.4 Å². The second-order valence-corrected chi connectivity index (χ2v) is 9.01. The van der Waals surface area contributed by atoms with Crippen molar-refractivity contribution in [3.05, 3.63) is 45.4 Å². The van der Waals surface area contributed by atoms with E-state index in [0.29, 0.717) is 5.56 Å². The first kappa shape index (κ1) is 18.3. The molecule has 0 saturated heterocycles. The normalized spacial score (nSPS) is 13.0. The van der Waals surface area contributed by atoms with Crippen molar-refractivity contribution in [2.75, 3.05) is 12.0 Å². The van der Waals surface area contributed by atoms with Crippen molar-refractivity contribution in [1.29, 1.82) is 0 Å². The predicted octanol–water partition coefficient (Wildman–Crippen LogP) is 0.784. The molecule has 1 N–H and O–H groups in total. The van der Waals surface area contributed by atoms with E-state index < -0.39 is 32.0 Å².